The molecule has 0 fully saturated rings. The van der Waals surface area contributed by atoms with E-state index < -0.39 is 5.82 Å². The first kappa shape index (κ1) is 18.6. The highest BCUT2D eigenvalue weighted by atomic mass is 35.5. The summed E-state index contributed by atoms with van der Waals surface area (Å²) in [6.45, 7) is 3.12. The third-order valence-electron chi connectivity index (χ3n) is 3.95. The molecule has 2 rings (SSSR count). The molecule has 6 heteroatoms. The van der Waals surface area contributed by atoms with Gasteiger partial charge < -0.3 is 9.84 Å². The molecule has 0 saturated heterocycles. The van der Waals surface area contributed by atoms with E-state index in [-0.39, 0.29) is 23.4 Å². The molecule has 0 spiro atoms. The SMILES string of the molecule is CC[C@H](CO)N(Cc1cccnc1)Cc1cc(F)c(OC)c(Cl)c1. The molecule has 24 heavy (non-hydrogen) atoms. The quantitative estimate of drug-likeness (QED) is 0.787. The summed E-state index contributed by atoms with van der Waals surface area (Å²) >= 11 is 6.08. The molecular weight excluding hydrogens is 331 g/mol. The van der Waals surface area contributed by atoms with Gasteiger partial charge in [0, 0.05) is 31.5 Å². The van der Waals surface area contributed by atoms with Gasteiger partial charge in [-0.25, -0.2) is 4.39 Å². The van der Waals surface area contributed by atoms with Gasteiger partial charge in [-0.2, -0.15) is 0 Å². The van der Waals surface area contributed by atoms with Crippen molar-refractivity contribution in [2.45, 2.75) is 32.5 Å². The van der Waals surface area contributed by atoms with Crippen molar-refractivity contribution in [3.8, 4) is 5.75 Å². The number of methoxy groups -OCH3 is 1. The smallest absolute Gasteiger partial charge is 0.173 e. The third kappa shape index (κ3) is 4.66. The molecular formula is C18H22ClFN2O2. The number of aliphatic hydroxyl groups is 1. The van der Waals surface area contributed by atoms with Crippen molar-refractivity contribution in [3.05, 3.63) is 58.6 Å². The van der Waals surface area contributed by atoms with Crippen molar-refractivity contribution < 1.29 is 14.2 Å². The van der Waals surface area contributed by atoms with E-state index in [0.29, 0.717) is 13.1 Å². The Balaban J connectivity index is 2.24. The zero-order valence-electron chi connectivity index (χ0n) is 13.9. The average Bonchev–Trinajstić information content (AvgIpc) is 2.56. The topological polar surface area (TPSA) is 45.6 Å². The van der Waals surface area contributed by atoms with Crippen LogP contribution in [0.1, 0.15) is 24.5 Å². The first-order valence-corrected chi connectivity index (χ1v) is 8.22. The van der Waals surface area contributed by atoms with Gasteiger partial charge in [-0.3, -0.25) is 9.88 Å². The fourth-order valence-electron chi connectivity index (χ4n) is 2.68. The maximum atomic E-state index is 14.1. The average molecular weight is 353 g/mol. The Morgan fingerprint density at radius 3 is 2.62 bits per heavy atom. The zero-order valence-corrected chi connectivity index (χ0v) is 14.6. The van der Waals surface area contributed by atoms with Gasteiger partial charge in [0.2, 0.25) is 0 Å². The van der Waals surface area contributed by atoms with Gasteiger partial charge in [-0.05, 0) is 35.7 Å². The van der Waals surface area contributed by atoms with Gasteiger partial charge in [0.25, 0.3) is 0 Å². The summed E-state index contributed by atoms with van der Waals surface area (Å²) in [5.74, 6) is -0.438. The second kappa shape index (κ2) is 8.97. The van der Waals surface area contributed by atoms with Crippen molar-refractivity contribution in [1.29, 1.82) is 0 Å². The Hall–Kier alpha value is -1.69. The molecule has 1 aromatic heterocycles. The maximum absolute atomic E-state index is 14.1. The molecule has 0 amide bonds. The molecule has 4 nitrogen and oxygen atoms in total. The maximum Gasteiger partial charge on any atom is 0.173 e. The number of aliphatic hydroxyl groups excluding tert-OH is 1. The van der Waals surface area contributed by atoms with Gasteiger partial charge in [0.15, 0.2) is 11.6 Å². The van der Waals surface area contributed by atoms with Crippen LogP contribution in [0.2, 0.25) is 5.02 Å². The van der Waals surface area contributed by atoms with E-state index in [1.54, 1.807) is 18.5 Å². The summed E-state index contributed by atoms with van der Waals surface area (Å²) in [6.07, 6.45) is 4.29. The zero-order chi connectivity index (χ0) is 17.5. The van der Waals surface area contributed by atoms with Crippen LogP contribution in [0.4, 0.5) is 4.39 Å². The molecule has 130 valence electrons. The molecule has 1 heterocycles. The van der Waals surface area contributed by atoms with Crippen LogP contribution in [0.3, 0.4) is 0 Å². The predicted molar refractivity (Wildman–Crippen MR) is 92.6 cm³/mol. The Kier molecular flexibility index (Phi) is 6.97. The molecule has 0 unspecified atom stereocenters. The Morgan fingerprint density at radius 2 is 2.08 bits per heavy atom. The standard InChI is InChI=1S/C18H22ClFN2O2/c1-3-15(12-23)22(10-13-5-4-6-21-9-13)11-14-7-16(19)18(24-2)17(20)8-14/h4-9,15,23H,3,10-12H2,1-2H3/t15-/m1/s1. The highest BCUT2D eigenvalue weighted by Gasteiger charge is 2.19. The second-order valence-corrected chi connectivity index (χ2v) is 6.01. The molecule has 0 aliphatic heterocycles. The van der Waals surface area contributed by atoms with Crippen molar-refractivity contribution in [2.75, 3.05) is 13.7 Å². The minimum atomic E-state index is -0.488. The molecule has 0 saturated carbocycles. The van der Waals surface area contributed by atoms with E-state index >= 15 is 0 Å². The van der Waals surface area contributed by atoms with Crippen molar-refractivity contribution in [2.24, 2.45) is 0 Å². The van der Waals surface area contributed by atoms with Gasteiger partial charge in [0.05, 0.1) is 18.7 Å². The van der Waals surface area contributed by atoms with E-state index in [9.17, 15) is 9.50 Å². The van der Waals surface area contributed by atoms with Crippen molar-refractivity contribution >= 4 is 11.6 Å². The summed E-state index contributed by atoms with van der Waals surface area (Å²) in [7, 11) is 1.39. The summed E-state index contributed by atoms with van der Waals surface area (Å²) in [4.78, 5) is 6.21. The van der Waals surface area contributed by atoms with Crippen LogP contribution in [0.25, 0.3) is 0 Å². The number of hydrogen-bond acceptors (Lipinski definition) is 4. The molecule has 0 aliphatic rings. The summed E-state index contributed by atoms with van der Waals surface area (Å²) in [6, 6.07) is 6.94. The van der Waals surface area contributed by atoms with E-state index in [1.165, 1.54) is 13.2 Å². The second-order valence-electron chi connectivity index (χ2n) is 5.60. The van der Waals surface area contributed by atoms with Gasteiger partial charge in [0.1, 0.15) is 0 Å². The van der Waals surface area contributed by atoms with E-state index in [4.69, 9.17) is 16.3 Å². The van der Waals surface area contributed by atoms with Gasteiger partial charge >= 0.3 is 0 Å². The van der Waals surface area contributed by atoms with Crippen LogP contribution in [-0.4, -0.2) is 34.7 Å². The van der Waals surface area contributed by atoms with Gasteiger partial charge in [-0.1, -0.05) is 24.6 Å². The van der Waals surface area contributed by atoms with Crippen molar-refractivity contribution in [1.82, 2.24) is 9.88 Å². The lowest BCUT2D eigenvalue weighted by Crippen LogP contribution is -2.36. The number of hydrogen-bond donors (Lipinski definition) is 1. The molecule has 2 aromatic rings. The normalized spacial score (nSPS) is 12.4. The van der Waals surface area contributed by atoms with Crippen LogP contribution in [-0.2, 0) is 13.1 Å². The van der Waals surface area contributed by atoms with Crippen LogP contribution in [0, 0.1) is 5.82 Å². The predicted octanol–water partition coefficient (Wildman–Crippen LogP) is 3.66. The third-order valence-corrected chi connectivity index (χ3v) is 4.24. The first-order chi connectivity index (χ1) is 11.6. The number of rotatable bonds is 8. The number of nitrogens with zero attached hydrogens (tertiary/aromatic N) is 2. The number of halogens is 2. The summed E-state index contributed by atoms with van der Waals surface area (Å²) in [5, 5.41) is 9.91. The number of ether oxygens (including phenoxy) is 1. The monoisotopic (exact) mass is 352 g/mol. The molecule has 0 radical (unpaired) electrons. The largest absolute Gasteiger partial charge is 0.492 e. The van der Waals surface area contributed by atoms with Crippen LogP contribution in [0.15, 0.2) is 36.7 Å². The number of benzene rings is 1. The minimum Gasteiger partial charge on any atom is -0.492 e. The van der Waals surface area contributed by atoms with E-state index in [2.05, 4.69) is 9.88 Å². The molecule has 0 aliphatic carbocycles. The first-order valence-electron chi connectivity index (χ1n) is 7.84. The molecule has 0 bridgehead atoms. The molecule has 1 atom stereocenters. The number of pyridine rings is 1. The van der Waals surface area contributed by atoms with Crippen LogP contribution < -0.4 is 4.74 Å². The molecule has 1 N–H and O–H groups in total. The Labute approximate surface area is 146 Å². The Bertz CT molecular complexity index is 628. The van der Waals surface area contributed by atoms with Crippen LogP contribution in [0.5, 0.6) is 5.75 Å². The molecule has 1 aromatic carbocycles. The highest BCUT2D eigenvalue weighted by molar-refractivity contribution is 6.32. The van der Waals surface area contributed by atoms with E-state index in [0.717, 1.165) is 17.5 Å². The van der Waals surface area contributed by atoms with Crippen LogP contribution >= 0.6 is 11.6 Å². The lowest BCUT2D eigenvalue weighted by atomic mass is 10.1. The number of aromatic nitrogens is 1. The van der Waals surface area contributed by atoms with E-state index in [1.807, 2.05) is 19.1 Å². The fourth-order valence-corrected chi connectivity index (χ4v) is 2.98. The summed E-state index contributed by atoms with van der Waals surface area (Å²) in [5.41, 5.74) is 1.76. The Morgan fingerprint density at radius 1 is 1.33 bits per heavy atom. The van der Waals surface area contributed by atoms with Gasteiger partial charge in [-0.15, -0.1) is 0 Å². The van der Waals surface area contributed by atoms with Crippen molar-refractivity contribution in [3.63, 3.8) is 0 Å². The fraction of sp³-hybridized carbons (Fsp3) is 0.389. The lowest BCUT2D eigenvalue weighted by Gasteiger charge is -2.30. The highest BCUT2D eigenvalue weighted by Crippen LogP contribution is 2.29. The summed E-state index contributed by atoms with van der Waals surface area (Å²) < 4.78 is 19.0. The lowest BCUT2D eigenvalue weighted by molar-refractivity contribution is 0.106. The minimum absolute atomic E-state index is 0.0309.